The first-order valence-corrected chi connectivity index (χ1v) is 16.6. The van der Waals surface area contributed by atoms with E-state index in [1.165, 1.54) is 31.2 Å². The van der Waals surface area contributed by atoms with Crippen molar-refractivity contribution in [3.63, 3.8) is 0 Å². The number of anilines is 1. The second-order valence-electron chi connectivity index (χ2n) is 9.98. The van der Waals surface area contributed by atoms with Crippen LogP contribution < -0.4 is 5.32 Å². The number of rotatable bonds is 4. The minimum Gasteiger partial charge on any atom is -0.385 e. The second kappa shape index (κ2) is 19.9. The highest BCUT2D eigenvalue weighted by molar-refractivity contribution is 7.90. The first kappa shape index (κ1) is 37.0. The lowest BCUT2D eigenvalue weighted by atomic mass is 9.68. The number of hydrogen-bond acceptors (Lipinski definition) is 3. The van der Waals surface area contributed by atoms with Gasteiger partial charge in [-0.1, -0.05) is 104 Å². The molecule has 0 aromatic heterocycles. The Kier molecular flexibility index (Phi) is 18.9. The molecule has 0 amide bonds. The van der Waals surface area contributed by atoms with Crippen LogP contribution in [0.3, 0.4) is 0 Å². The zero-order valence-electron chi connectivity index (χ0n) is 25.2. The summed E-state index contributed by atoms with van der Waals surface area (Å²) in [6, 6.07) is 16.2. The molecule has 39 heavy (non-hydrogen) atoms. The molecule has 1 saturated carbocycles. The third-order valence-corrected chi connectivity index (χ3v) is 7.58. The van der Waals surface area contributed by atoms with Crippen molar-refractivity contribution in [1.29, 1.82) is 0 Å². The minimum absolute atomic E-state index is 0.298. The molecule has 0 bridgehead atoms. The topological polar surface area (TPSA) is 46.2 Å². The summed E-state index contributed by atoms with van der Waals surface area (Å²) in [5.41, 5.74) is 1.27. The lowest BCUT2D eigenvalue weighted by Crippen LogP contribution is -2.33. The minimum atomic E-state index is -4.25. The van der Waals surface area contributed by atoms with Crippen LogP contribution in [0, 0.1) is 11.8 Å². The fraction of sp³-hybridized carbons (Fsp3) is 0.625. The van der Waals surface area contributed by atoms with Gasteiger partial charge in [-0.05, 0) is 60.8 Å². The Balaban J connectivity index is 0.000000626. The molecule has 3 nitrogen and oxygen atoms in total. The molecule has 1 heterocycles. The molecule has 1 aliphatic heterocycles. The molecular formula is C32H52F3NO2S. The van der Waals surface area contributed by atoms with E-state index in [1.54, 1.807) is 6.07 Å². The van der Waals surface area contributed by atoms with E-state index < -0.39 is 21.6 Å². The number of unbranched alkanes of at least 4 members (excludes halogenated alkanes) is 1. The molecule has 224 valence electrons. The Hall–Kier alpha value is -2.02. The zero-order chi connectivity index (χ0) is 29.9. The molecule has 0 spiro atoms. The summed E-state index contributed by atoms with van der Waals surface area (Å²) in [7, 11) is -2.69. The van der Waals surface area contributed by atoms with Gasteiger partial charge in [-0.25, -0.2) is 8.42 Å². The predicted octanol–water partition coefficient (Wildman–Crippen LogP) is 10.0. The molecule has 3 atom stereocenters. The van der Waals surface area contributed by atoms with E-state index in [0.29, 0.717) is 23.5 Å². The second-order valence-corrected chi connectivity index (χ2v) is 12.2. The van der Waals surface area contributed by atoms with E-state index >= 15 is 0 Å². The van der Waals surface area contributed by atoms with Crippen LogP contribution in [0.25, 0.3) is 0 Å². The van der Waals surface area contributed by atoms with E-state index in [2.05, 4.69) is 26.1 Å². The van der Waals surface area contributed by atoms with Crippen LogP contribution in [-0.4, -0.2) is 27.0 Å². The lowest BCUT2D eigenvalue weighted by Gasteiger charge is -2.41. The van der Waals surface area contributed by atoms with Gasteiger partial charge in [0.25, 0.3) is 0 Å². The molecule has 4 rings (SSSR count). The van der Waals surface area contributed by atoms with E-state index in [-0.39, 0.29) is 0 Å². The largest absolute Gasteiger partial charge is 0.416 e. The Morgan fingerprint density at radius 1 is 0.923 bits per heavy atom. The maximum absolute atomic E-state index is 12.9. The maximum atomic E-state index is 12.9. The number of halogens is 3. The quantitative estimate of drug-likeness (QED) is 0.397. The fourth-order valence-corrected chi connectivity index (χ4v) is 5.37. The van der Waals surface area contributed by atoms with E-state index in [0.717, 1.165) is 49.9 Å². The number of alkyl halides is 3. The van der Waals surface area contributed by atoms with Gasteiger partial charge in [-0.15, -0.1) is 0 Å². The number of nitrogens with one attached hydrogen (secondary N) is 1. The van der Waals surface area contributed by atoms with Gasteiger partial charge in [-0.2, -0.15) is 13.2 Å². The third kappa shape index (κ3) is 15.4. The van der Waals surface area contributed by atoms with Crippen molar-refractivity contribution in [2.75, 3.05) is 23.9 Å². The third-order valence-electron chi connectivity index (χ3n) is 6.55. The molecule has 7 heteroatoms. The van der Waals surface area contributed by atoms with E-state index in [1.807, 2.05) is 57.2 Å². The van der Waals surface area contributed by atoms with Gasteiger partial charge in [0.15, 0.2) is 0 Å². The van der Waals surface area contributed by atoms with Gasteiger partial charge in [0.05, 0.1) is 5.56 Å². The lowest BCUT2D eigenvalue weighted by molar-refractivity contribution is -0.137. The average Bonchev–Trinajstić information content (AvgIpc) is 2.93. The highest BCUT2D eigenvalue weighted by Gasteiger charge is 2.37. The summed E-state index contributed by atoms with van der Waals surface area (Å²) in [5.74, 6) is 1.79. The van der Waals surface area contributed by atoms with Crippen LogP contribution in [0.1, 0.15) is 104 Å². The summed E-state index contributed by atoms with van der Waals surface area (Å²) in [4.78, 5) is 0. The summed E-state index contributed by atoms with van der Waals surface area (Å²) in [6.07, 6.45) is 4.52. The average molecular weight is 572 g/mol. The van der Waals surface area contributed by atoms with Crippen LogP contribution in [0.2, 0.25) is 0 Å². The molecule has 0 saturated heterocycles. The number of benzene rings is 2. The molecule has 0 radical (unpaired) electrons. The maximum Gasteiger partial charge on any atom is 0.416 e. The van der Waals surface area contributed by atoms with E-state index in [9.17, 15) is 21.6 Å². The Bertz CT molecular complexity index is 952. The standard InChI is InChI=1S/C16H20F3N.C6H6.C5H12O2S.C3H8.C2H6/c1-2-10-3-4-11-9-20-15-6-5-12(16(17,18)19)8-14(15)13(11)7-10;1-2-4-6-5-3-1;1-3-4-5-8(2,6)7;1-3-2;1-2/h5-6,8,10-11,13,20H,2-4,7,9H2,1H3;1-6H;3-5H2,1-2H3;3H2,1-2H3;1-2H3. The van der Waals surface area contributed by atoms with Crippen LogP contribution in [0.4, 0.5) is 18.9 Å². The van der Waals surface area contributed by atoms with Gasteiger partial charge in [0, 0.05) is 24.2 Å². The van der Waals surface area contributed by atoms with Crippen molar-refractivity contribution in [3.8, 4) is 0 Å². The van der Waals surface area contributed by atoms with Crippen molar-refractivity contribution in [1.82, 2.24) is 0 Å². The number of sulfone groups is 1. The molecule has 1 fully saturated rings. The van der Waals surface area contributed by atoms with Gasteiger partial charge >= 0.3 is 6.18 Å². The van der Waals surface area contributed by atoms with Crippen molar-refractivity contribution in [3.05, 3.63) is 65.7 Å². The monoisotopic (exact) mass is 571 g/mol. The van der Waals surface area contributed by atoms with E-state index in [4.69, 9.17) is 0 Å². The van der Waals surface area contributed by atoms with Crippen LogP contribution in [-0.2, 0) is 16.0 Å². The summed E-state index contributed by atoms with van der Waals surface area (Å²) >= 11 is 0. The van der Waals surface area contributed by atoms with Gasteiger partial charge < -0.3 is 5.32 Å². The predicted molar refractivity (Wildman–Crippen MR) is 162 cm³/mol. The molecule has 2 aromatic rings. The van der Waals surface area contributed by atoms with Gasteiger partial charge in [0.2, 0.25) is 0 Å². The molecular weight excluding hydrogens is 519 g/mol. The van der Waals surface area contributed by atoms with Crippen molar-refractivity contribution in [2.24, 2.45) is 11.8 Å². The smallest absolute Gasteiger partial charge is 0.385 e. The Labute approximate surface area is 236 Å². The molecule has 3 unspecified atom stereocenters. The van der Waals surface area contributed by atoms with Gasteiger partial charge in [0.1, 0.15) is 9.84 Å². The Morgan fingerprint density at radius 3 is 1.87 bits per heavy atom. The Morgan fingerprint density at radius 2 is 1.46 bits per heavy atom. The van der Waals surface area contributed by atoms with Crippen LogP contribution in [0.15, 0.2) is 54.6 Å². The van der Waals surface area contributed by atoms with Crippen LogP contribution >= 0.6 is 0 Å². The molecule has 2 aliphatic rings. The highest BCUT2D eigenvalue weighted by atomic mass is 32.2. The van der Waals surface area contributed by atoms with Crippen molar-refractivity contribution >= 4 is 15.5 Å². The zero-order valence-corrected chi connectivity index (χ0v) is 26.0. The first-order valence-electron chi connectivity index (χ1n) is 14.6. The number of fused-ring (bicyclic) bond motifs is 3. The summed E-state index contributed by atoms with van der Waals surface area (Å²) < 4.78 is 59.5. The SMILES string of the molecule is CC.CCC.CCC1CCC2CNc3ccc(C(F)(F)F)cc3C2C1.CCCCS(C)(=O)=O.c1ccccc1. The highest BCUT2D eigenvalue weighted by Crippen LogP contribution is 2.47. The summed E-state index contributed by atoms with van der Waals surface area (Å²) in [5, 5.41) is 3.31. The van der Waals surface area contributed by atoms with Crippen molar-refractivity contribution in [2.45, 2.75) is 98.6 Å². The fourth-order valence-electron chi connectivity index (χ4n) is 4.56. The molecule has 1 N–H and O–H groups in total. The summed E-state index contributed by atoms with van der Waals surface area (Å²) in [6.45, 7) is 13.3. The molecule has 1 aliphatic carbocycles. The van der Waals surface area contributed by atoms with Crippen molar-refractivity contribution < 1.29 is 21.6 Å². The van der Waals surface area contributed by atoms with Gasteiger partial charge in [-0.3, -0.25) is 0 Å². The van der Waals surface area contributed by atoms with Crippen LogP contribution in [0.5, 0.6) is 0 Å². The first-order chi connectivity index (χ1) is 18.5. The number of hydrogen-bond donors (Lipinski definition) is 1. The molecule has 2 aromatic carbocycles. The normalized spacial score (nSPS) is 19.3.